The topological polar surface area (TPSA) is 41.3 Å². The van der Waals surface area contributed by atoms with Gasteiger partial charge in [0.25, 0.3) is 0 Å². The van der Waals surface area contributed by atoms with Crippen molar-refractivity contribution in [2.24, 2.45) is 17.7 Å². The molecule has 0 bridgehead atoms. The molecule has 1 saturated carbocycles. The first-order chi connectivity index (χ1) is 8.51. The number of hydrogen-bond donors (Lipinski definition) is 2. The van der Waals surface area contributed by atoms with E-state index in [0.29, 0.717) is 6.04 Å². The van der Waals surface area contributed by atoms with Crippen LogP contribution in [0.5, 0.6) is 0 Å². The Hall–Kier alpha value is -0.120. The predicted molar refractivity (Wildman–Crippen MR) is 79.2 cm³/mol. The van der Waals surface area contributed by atoms with E-state index >= 15 is 0 Å². The summed E-state index contributed by atoms with van der Waals surface area (Å²) in [5, 5.41) is 0. The number of hydrogen-bond acceptors (Lipinski definition) is 3. The van der Waals surface area contributed by atoms with Crippen molar-refractivity contribution in [1.82, 2.24) is 10.3 Å². The molecule has 0 aromatic heterocycles. The van der Waals surface area contributed by atoms with Crippen LogP contribution in [0.1, 0.15) is 59.3 Å². The highest BCUT2D eigenvalue weighted by Crippen LogP contribution is 2.39. The van der Waals surface area contributed by atoms with Gasteiger partial charge in [-0.3, -0.25) is 11.3 Å². The van der Waals surface area contributed by atoms with Crippen molar-refractivity contribution in [1.29, 1.82) is 0 Å². The highest BCUT2D eigenvalue weighted by molar-refractivity contribution is 4.99. The summed E-state index contributed by atoms with van der Waals surface area (Å²) in [5.74, 6) is 7.51. The Kier molecular flexibility index (Phi) is 6.09. The Morgan fingerprint density at radius 2 is 1.89 bits per heavy atom. The Morgan fingerprint density at radius 3 is 2.33 bits per heavy atom. The third-order valence-electron chi connectivity index (χ3n) is 5.51. The SMILES string of the molecule is CCC1CCCCC1C(NN)C(C)(CC)N(C)C. The van der Waals surface area contributed by atoms with Crippen LogP contribution in [0.15, 0.2) is 0 Å². The molecule has 0 aliphatic heterocycles. The molecule has 0 heterocycles. The molecule has 1 fully saturated rings. The fourth-order valence-electron chi connectivity index (χ4n) is 3.76. The van der Waals surface area contributed by atoms with E-state index in [1.807, 2.05) is 0 Å². The molecule has 3 nitrogen and oxygen atoms in total. The summed E-state index contributed by atoms with van der Waals surface area (Å²) in [6.07, 6.45) is 7.89. The van der Waals surface area contributed by atoms with Gasteiger partial charge >= 0.3 is 0 Å². The van der Waals surface area contributed by atoms with Crippen LogP contribution in [0.3, 0.4) is 0 Å². The lowest BCUT2D eigenvalue weighted by Crippen LogP contribution is -2.63. The third-order valence-corrected chi connectivity index (χ3v) is 5.51. The summed E-state index contributed by atoms with van der Waals surface area (Å²) in [6.45, 7) is 6.95. The van der Waals surface area contributed by atoms with Crippen molar-refractivity contribution in [2.45, 2.75) is 70.9 Å². The van der Waals surface area contributed by atoms with Crippen molar-refractivity contribution in [3.05, 3.63) is 0 Å². The number of nitrogens with one attached hydrogen (secondary N) is 1. The van der Waals surface area contributed by atoms with Gasteiger partial charge in [0.05, 0.1) is 0 Å². The van der Waals surface area contributed by atoms with Gasteiger partial charge in [-0.2, -0.15) is 0 Å². The van der Waals surface area contributed by atoms with Gasteiger partial charge in [0.2, 0.25) is 0 Å². The summed E-state index contributed by atoms with van der Waals surface area (Å²) in [7, 11) is 4.36. The molecule has 0 radical (unpaired) electrons. The lowest BCUT2D eigenvalue weighted by molar-refractivity contribution is 0.0433. The van der Waals surface area contributed by atoms with Gasteiger partial charge in [-0.05, 0) is 45.7 Å². The third kappa shape index (κ3) is 3.06. The summed E-state index contributed by atoms with van der Waals surface area (Å²) < 4.78 is 0. The number of hydrazine groups is 1. The minimum atomic E-state index is 0.143. The first-order valence-electron chi connectivity index (χ1n) is 7.64. The minimum absolute atomic E-state index is 0.143. The van der Waals surface area contributed by atoms with E-state index in [-0.39, 0.29) is 5.54 Å². The van der Waals surface area contributed by atoms with Gasteiger partial charge < -0.3 is 4.90 Å². The zero-order valence-corrected chi connectivity index (χ0v) is 13.0. The van der Waals surface area contributed by atoms with Crippen molar-refractivity contribution in [3.8, 4) is 0 Å². The molecule has 1 aliphatic carbocycles. The fourth-order valence-corrected chi connectivity index (χ4v) is 3.76. The number of nitrogens with two attached hydrogens (primary N) is 1. The zero-order valence-electron chi connectivity index (χ0n) is 13.0. The van der Waals surface area contributed by atoms with E-state index < -0.39 is 0 Å². The van der Waals surface area contributed by atoms with Crippen LogP contribution in [-0.4, -0.2) is 30.6 Å². The van der Waals surface area contributed by atoms with Crippen LogP contribution < -0.4 is 11.3 Å². The van der Waals surface area contributed by atoms with Gasteiger partial charge in [0, 0.05) is 11.6 Å². The molecule has 1 rings (SSSR count). The molecule has 1 aliphatic rings. The molecule has 108 valence electrons. The standard InChI is InChI=1S/C15H33N3/c1-6-12-10-8-9-11-13(12)14(17-16)15(3,7-2)18(4)5/h12-14,17H,6-11,16H2,1-5H3. The maximum atomic E-state index is 5.94. The van der Waals surface area contributed by atoms with E-state index in [0.717, 1.165) is 18.3 Å². The molecule has 0 spiro atoms. The summed E-state index contributed by atoms with van der Waals surface area (Å²) >= 11 is 0. The maximum Gasteiger partial charge on any atom is 0.0422 e. The molecular formula is C15H33N3. The molecule has 4 atom stereocenters. The normalized spacial score (nSPS) is 30.2. The maximum absolute atomic E-state index is 5.94. The average Bonchev–Trinajstić information content (AvgIpc) is 2.39. The zero-order chi connectivity index (χ0) is 13.8. The van der Waals surface area contributed by atoms with Gasteiger partial charge in [0.1, 0.15) is 0 Å². The first kappa shape index (κ1) is 15.9. The van der Waals surface area contributed by atoms with E-state index in [2.05, 4.69) is 45.2 Å². The quantitative estimate of drug-likeness (QED) is 0.566. The Balaban J connectivity index is 2.92. The van der Waals surface area contributed by atoms with Crippen molar-refractivity contribution in [3.63, 3.8) is 0 Å². The highest BCUT2D eigenvalue weighted by Gasteiger charge is 2.42. The molecule has 3 heteroatoms. The first-order valence-corrected chi connectivity index (χ1v) is 7.64. The summed E-state index contributed by atoms with van der Waals surface area (Å²) in [4.78, 5) is 2.35. The fraction of sp³-hybridized carbons (Fsp3) is 1.00. The monoisotopic (exact) mass is 255 g/mol. The highest BCUT2D eigenvalue weighted by atomic mass is 15.3. The minimum Gasteiger partial charge on any atom is -0.302 e. The van der Waals surface area contributed by atoms with Crippen LogP contribution in [0, 0.1) is 11.8 Å². The average molecular weight is 255 g/mol. The van der Waals surface area contributed by atoms with Gasteiger partial charge in [-0.25, -0.2) is 0 Å². The van der Waals surface area contributed by atoms with Gasteiger partial charge in [-0.1, -0.05) is 39.5 Å². The molecule has 0 amide bonds. The number of likely N-dealkylation sites (N-methyl/N-ethyl adjacent to an activating group) is 1. The molecule has 0 aromatic carbocycles. The second-order valence-electron chi connectivity index (χ2n) is 6.37. The molecule has 0 aromatic rings. The van der Waals surface area contributed by atoms with Gasteiger partial charge in [0.15, 0.2) is 0 Å². The molecular weight excluding hydrogens is 222 g/mol. The van der Waals surface area contributed by atoms with Crippen LogP contribution in [0.2, 0.25) is 0 Å². The van der Waals surface area contributed by atoms with Crippen LogP contribution in [-0.2, 0) is 0 Å². The van der Waals surface area contributed by atoms with Crippen molar-refractivity contribution >= 4 is 0 Å². The summed E-state index contributed by atoms with van der Waals surface area (Å²) in [6, 6.07) is 0.391. The predicted octanol–water partition coefficient (Wildman–Crippen LogP) is 2.77. The largest absolute Gasteiger partial charge is 0.302 e. The Morgan fingerprint density at radius 1 is 1.28 bits per heavy atom. The van der Waals surface area contributed by atoms with E-state index in [4.69, 9.17) is 5.84 Å². The van der Waals surface area contributed by atoms with E-state index in [9.17, 15) is 0 Å². The molecule has 4 unspecified atom stereocenters. The van der Waals surface area contributed by atoms with E-state index in [1.54, 1.807) is 0 Å². The Bertz CT molecular complexity index is 242. The number of nitrogens with zero attached hydrogens (tertiary/aromatic N) is 1. The van der Waals surface area contributed by atoms with Crippen LogP contribution >= 0.6 is 0 Å². The smallest absolute Gasteiger partial charge is 0.0422 e. The van der Waals surface area contributed by atoms with E-state index in [1.165, 1.54) is 32.1 Å². The lowest BCUT2D eigenvalue weighted by atomic mass is 9.68. The molecule has 18 heavy (non-hydrogen) atoms. The number of rotatable bonds is 6. The van der Waals surface area contributed by atoms with Crippen LogP contribution in [0.4, 0.5) is 0 Å². The Labute approximate surface area is 113 Å². The molecule has 0 saturated heterocycles. The van der Waals surface area contributed by atoms with Crippen LogP contribution in [0.25, 0.3) is 0 Å². The summed E-state index contributed by atoms with van der Waals surface area (Å²) in [5.41, 5.74) is 3.31. The second kappa shape index (κ2) is 6.88. The van der Waals surface area contributed by atoms with Gasteiger partial charge in [-0.15, -0.1) is 0 Å². The second-order valence-corrected chi connectivity index (χ2v) is 6.37. The van der Waals surface area contributed by atoms with Crippen molar-refractivity contribution < 1.29 is 0 Å². The molecule has 3 N–H and O–H groups in total. The lowest BCUT2D eigenvalue weighted by Gasteiger charge is -2.49. The van der Waals surface area contributed by atoms with Crippen molar-refractivity contribution in [2.75, 3.05) is 14.1 Å².